The first-order chi connectivity index (χ1) is 17.9. The Morgan fingerprint density at radius 3 is 2.45 bits per heavy atom. The monoisotopic (exact) mass is 526 g/mol. The number of phenols is 2. The number of carbonyl (C=O) groups excluding carboxylic acids is 3. The number of Topliss-reactive ketones (excluding diaryl/α,β-unsaturated/α-hetero) is 1. The van der Waals surface area contributed by atoms with Gasteiger partial charge in [-0.25, -0.2) is 0 Å². The first-order valence-electron chi connectivity index (χ1n) is 12.2. The van der Waals surface area contributed by atoms with E-state index < -0.39 is 82.6 Å². The number of phenolic OH excluding ortho intramolecular Hbond substituents is 2. The van der Waals surface area contributed by atoms with Crippen LogP contribution >= 0.6 is 0 Å². The second-order valence-electron chi connectivity index (χ2n) is 10.1. The number of aliphatic hydroxyl groups excluding tert-OH is 1. The fraction of sp³-hybridized carbons (Fsp3) is 0.444. The van der Waals surface area contributed by atoms with Gasteiger partial charge in [-0.15, -0.1) is 0 Å². The summed E-state index contributed by atoms with van der Waals surface area (Å²) in [5.41, 5.74) is 2.97. The number of ketones is 3. The summed E-state index contributed by atoms with van der Waals surface area (Å²) in [5, 5.41) is 44.1. The predicted molar refractivity (Wildman–Crippen MR) is 130 cm³/mol. The van der Waals surface area contributed by atoms with Gasteiger partial charge in [-0.05, 0) is 19.9 Å². The molecular weight excluding hydrogens is 497 g/mol. The maximum Gasteiger partial charge on any atom is 0.202 e. The lowest BCUT2D eigenvalue weighted by Crippen LogP contribution is -2.52. The Labute approximate surface area is 217 Å². The normalized spacial score (nSPS) is 30.3. The molecule has 2 aliphatic carbocycles. The second-order valence-corrected chi connectivity index (χ2v) is 10.1. The van der Waals surface area contributed by atoms with Crippen molar-refractivity contribution >= 4 is 17.3 Å². The first-order valence-corrected chi connectivity index (χ1v) is 12.2. The van der Waals surface area contributed by atoms with Crippen LogP contribution in [0.1, 0.15) is 75.8 Å². The van der Waals surface area contributed by atoms with Crippen LogP contribution in [-0.2, 0) is 20.7 Å². The van der Waals surface area contributed by atoms with Crippen LogP contribution in [0.3, 0.4) is 0 Å². The molecule has 0 aromatic heterocycles. The van der Waals surface area contributed by atoms with Gasteiger partial charge < -0.3 is 40.4 Å². The van der Waals surface area contributed by atoms with Crippen molar-refractivity contribution in [3.63, 3.8) is 0 Å². The lowest BCUT2D eigenvalue weighted by molar-refractivity contribution is -0.247. The van der Waals surface area contributed by atoms with E-state index in [1.54, 1.807) is 6.92 Å². The van der Waals surface area contributed by atoms with Gasteiger partial charge in [0.1, 0.15) is 22.8 Å². The SMILES string of the molecule is CC(=O)[C@]1(O)Cc2c(O)c3c(c(O)c2C(OC2CC(N)C(O)C(C)O2)C1)C(=O)c1c(O[11CH3])cccc1C3=O. The van der Waals surface area contributed by atoms with E-state index in [9.17, 15) is 34.8 Å². The van der Waals surface area contributed by atoms with E-state index >= 15 is 0 Å². The molecule has 0 bridgehead atoms. The zero-order valence-corrected chi connectivity index (χ0v) is 21.1. The van der Waals surface area contributed by atoms with Crippen molar-refractivity contribution in [1.82, 2.24) is 0 Å². The third-order valence-electron chi connectivity index (χ3n) is 7.80. The molecule has 0 spiro atoms. The topological polar surface area (TPSA) is 186 Å². The van der Waals surface area contributed by atoms with Crippen LogP contribution in [-0.4, -0.2) is 75.0 Å². The fourth-order valence-electron chi connectivity index (χ4n) is 5.66. The third-order valence-corrected chi connectivity index (χ3v) is 7.80. The molecule has 38 heavy (non-hydrogen) atoms. The van der Waals surface area contributed by atoms with Crippen molar-refractivity contribution in [2.45, 2.75) is 69.4 Å². The fourth-order valence-corrected chi connectivity index (χ4v) is 5.66. The van der Waals surface area contributed by atoms with Crippen LogP contribution in [0.5, 0.6) is 17.2 Å². The van der Waals surface area contributed by atoms with E-state index in [1.807, 2.05) is 0 Å². The smallest absolute Gasteiger partial charge is 0.202 e. The number of aliphatic hydroxyl groups is 2. The molecule has 6 N–H and O–H groups in total. The predicted octanol–water partition coefficient (Wildman–Crippen LogP) is 1.03. The number of rotatable bonds is 4. The number of fused-ring (bicyclic) bond motifs is 3. The Bertz CT molecular complexity index is 1360. The molecule has 5 unspecified atom stereocenters. The summed E-state index contributed by atoms with van der Waals surface area (Å²) >= 11 is 0. The van der Waals surface area contributed by atoms with E-state index in [4.69, 9.17) is 19.9 Å². The molecule has 0 radical (unpaired) electrons. The number of nitrogens with two attached hydrogens (primary N) is 1. The molecule has 5 rings (SSSR count). The summed E-state index contributed by atoms with van der Waals surface area (Å²) in [6, 6.07) is 3.75. The van der Waals surface area contributed by atoms with Crippen molar-refractivity contribution in [3.05, 3.63) is 51.6 Å². The molecule has 2 aromatic rings. The summed E-state index contributed by atoms with van der Waals surface area (Å²) in [7, 11) is 1.34. The lowest BCUT2D eigenvalue weighted by atomic mass is 9.72. The van der Waals surface area contributed by atoms with Crippen molar-refractivity contribution in [2.75, 3.05) is 7.11 Å². The maximum absolute atomic E-state index is 13.6. The third kappa shape index (κ3) is 3.81. The Kier molecular flexibility index (Phi) is 6.32. The quantitative estimate of drug-likeness (QED) is 0.306. The van der Waals surface area contributed by atoms with Gasteiger partial charge in [-0.2, -0.15) is 0 Å². The summed E-state index contributed by atoms with van der Waals surface area (Å²) in [6.45, 7) is 2.79. The molecule has 11 nitrogen and oxygen atoms in total. The molecule has 1 saturated heterocycles. The maximum atomic E-state index is 13.6. The minimum absolute atomic E-state index is 0.0147. The minimum atomic E-state index is -2.00. The number of aromatic hydroxyl groups is 2. The number of ether oxygens (including phenoxy) is 3. The molecule has 11 heteroatoms. The molecule has 0 saturated carbocycles. The number of hydrogen-bond donors (Lipinski definition) is 5. The Balaban J connectivity index is 1.68. The summed E-state index contributed by atoms with van der Waals surface area (Å²) in [4.78, 5) is 39.6. The van der Waals surface area contributed by atoms with Crippen LogP contribution in [0, 0.1) is 0 Å². The number of carbonyl (C=O) groups is 3. The molecular formula is C27H29NO10. The molecule has 6 atom stereocenters. The first kappa shape index (κ1) is 26.3. The molecule has 0 amide bonds. The molecule has 1 fully saturated rings. The van der Waals surface area contributed by atoms with Crippen LogP contribution in [0.15, 0.2) is 18.2 Å². The highest BCUT2D eigenvalue weighted by molar-refractivity contribution is 6.31. The van der Waals surface area contributed by atoms with Crippen LogP contribution in [0.25, 0.3) is 0 Å². The standard InChI is InChI=1S/C27H29NO10/c1-10-22(30)14(28)7-17(37-10)38-16-9-27(35,11(2)29)8-13-19(16)26(34)21-20(24(13)32)23(31)12-5-4-6-15(36-3)18(12)25(21)33/h4-6,10,14,16-17,22,30,32,34-35H,7-9,28H2,1-3H3/t10?,14?,16?,17?,22?,27-/m0/s1/i3-1. The molecule has 2 aromatic carbocycles. The number of methoxy groups -OCH3 is 1. The van der Waals surface area contributed by atoms with E-state index in [0.29, 0.717) is 0 Å². The van der Waals surface area contributed by atoms with E-state index in [1.165, 1.54) is 32.2 Å². The zero-order chi connectivity index (χ0) is 27.7. The Morgan fingerprint density at radius 1 is 1.13 bits per heavy atom. The summed E-state index contributed by atoms with van der Waals surface area (Å²) in [5.74, 6) is -3.18. The molecule has 1 aliphatic heterocycles. The van der Waals surface area contributed by atoms with Crippen LogP contribution in [0.2, 0.25) is 0 Å². The second kappa shape index (κ2) is 9.14. The van der Waals surface area contributed by atoms with E-state index in [-0.39, 0.29) is 40.8 Å². The summed E-state index contributed by atoms with van der Waals surface area (Å²) < 4.78 is 17.1. The van der Waals surface area contributed by atoms with Gasteiger partial charge >= 0.3 is 0 Å². The number of hydrogen-bond acceptors (Lipinski definition) is 11. The highest BCUT2D eigenvalue weighted by Crippen LogP contribution is 2.52. The highest BCUT2D eigenvalue weighted by atomic mass is 16.7. The van der Waals surface area contributed by atoms with Crippen molar-refractivity contribution in [1.29, 1.82) is 0 Å². The van der Waals surface area contributed by atoms with E-state index in [2.05, 4.69) is 0 Å². The van der Waals surface area contributed by atoms with Gasteiger partial charge in [0.2, 0.25) is 5.78 Å². The molecule has 3 aliphatic rings. The van der Waals surface area contributed by atoms with Gasteiger partial charge in [0.15, 0.2) is 17.9 Å². The molecule has 1 heterocycles. The van der Waals surface area contributed by atoms with Gasteiger partial charge in [-0.1, -0.05) is 12.1 Å². The minimum Gasteiger partial charge on any atom is -0.507 e. The Hall–Kier alpha value is -3.35. The van der Waals surface area contributed by atoms with E-state index in [0.717, 1.165) is 0 Å². The lowest BCUT2D eigenvalue weighted by Gasteiger charge is -2.42. The highest BCUT2D eigenvalue weighted by Gasteiger charge is 2.49. The van der Waals surface area contributed by atoms with Gasteiger partial charge in [-0.3, -0.25) is 14.4 Å². The number of benzene rings is 2. The molecule has 202 valence electrons. The van der Waals surface area contributed by atoms with Gasteiger partial charge in [0.25, 0.3) is 0 Å². The van der Waals surface area contributed by atoms with Crippen molar-refractivity contribution in [3.8, 4) is 17.2 Å². The average Bonchev–Trinajstić information content (AvgIpc) is 2.87. The van der Waals surface area contributed by atoms with Crippen LogP contribution in [0.4, 0.5) is 0 Å². The average molecular weight is 527 g/mol. The largest absolute Gasteiger partial charge is 0.507 e. The van der Waals surface area contributed by atoms with Crippen LogP contribution < -0.4 is 10.5 Å². The van der Waals surface area contributed by atoms with Crippen molar-refractivity contribution < 1.29 is 49.0 Å². The van der Waals surface area contributed by atoms with Crippen molar-refractivity contribution in [2.24, 2.45) is 5.73 Å². The zero-order valence-electron chi connectivity index (χ0n) is 21.1. The van der Waals surface area contributed by atoms with Gasteiger partial charge in [0.05, 0.1) is 42.1 Å². The Morgan fingerprint density at radius 2 is 1.82 bits per heavy atom. The van der Waals surface area contributed by atoms with Gasteiger partial charge in [0, 0.05) is 42.0 Å². The summed E-state index contributed by atoms with van der Waals surface area (Å²) in [6.07, 6.45) is -4.53.